The number of aromatic nitrogens is 2. The standard InChI is InChI=1S/C22H19BrN4O4/c1-13-10-20(28)24-16-4-2-3-5-19(16)27(13)21(29)12-31-22(30)18-11-17(25-26-18)14-6-8-15(23)9-7-14/h2-9,11,13H,10,12H2,1H3,(H,24,28)(H,25,26). The van der Waals surface area contributed by atoms with Gasteiger partial charge in [-0.2, -0.15) is 5.10 Å². The molecular formula is C22H19BrN4O4. The molecule has 2 amide bonds. The van der Waals surface area contributed by atoms with Gasteiger partial charge in [0.15, 0.2) is 6.61 Å². The van der Waals surface area contributed by atoms with Crippen LogP contribution in [0.5, 0.6) is 0 Å². The Bertz CT molecular complexity index is 1140. The molecule has 1 aromatic heterocycles. The second-order valence-electron chi connectivity index (χ2n) is 7.13. The number of ether oxygens (including phenoxy) is 1. The molecule has 158 valence electrons. The van der Waals surface area contributed by atoms with Crippen LogP contribution in [-0.2, 0) is 14.3 Å². The number of halogens is 1. The molecule has 1 aliphatic rings. The van der Waals surface area contributed by atoms with E-state index in [0.29, 0.717) is 17.1 Å². The maximum absolute atomic E-state index is 12.9. The van der Waals surface area contributed by atoms with Crippen molar-refractivity contribution in [3.8, 4) is 11.3 Å². The quantitative estimate of drug-likeness (QED) is 0.550. The van der Waals surface area contributed by atoms with Crippen LogP contribution >= 0.6 is 15.9 Å². The van der Waals surface area contributed by atoms with Crippen molar-refractivity contribution in [1.82, 2.24) is 10.2 Å². The molecule has 1 unspecified atom stereocenters. The van der Waals surface area contributed by atoms with Gasteiger partial charge in [-0.15, -0.1) is 0 Å². The van der Waals surface area contributed by atoms with Gasteiger partial charge in [0.2, 0.25) is 5.91 Å². The third-order valence-corrected chi connectivity index (χ3v) is 5.42. The van der Waals surface area contributed by atoms with Crippen LogP contribution in [0, 0.1) is 0 Å². The van der Waals surface area contributed by atoms with E-state index < -0.39 is 18.5 Å². The Balaban J connectivity index is 1.45. The molecule has 1 aliphatic heterocycles. The summed E-state index contributed by atoms with van der Waals surface area (Å²) in [6.07, 6.45) is 0.144. The number of amides is 2. The van der Waals surface area contributed by atoms with Crippen LogP contribution in [0.1, 0.15) is 23.8 Å². The van der Waals surface area contributed by atoms with Gasteiger partial charge >= 0.3 is 5.97 Å². The molecule has 2 N–H and O–H groups in total. The molecule has 0 saturated carbocycles. The monoisotopic (exact) mass is 482 g/mol. The average Bonchev–Trinajstić information content (AvgIpc) is 3.19. The van der Waals surface area contributed by atoms with E-state index in [1.165, 1.54) is 4.90 Å². The first-order chi connectivity index (χ1) is 14.9. The molecule has 0 aliphatic carbocycles. The number of aromatic amines is 1. The SMILES string of the molecule is CC1CC(=O)Nc2ccccc2N1C(=O)COC(=O)c1cc(-c2ccc(Br)cc2)n[nH]1. The molecule has 0 bridgehead atoms. The zero-order chi connectivity index (χ0) is 22.0. The highest BCUT2D eigenvalue weighted by Gasteiger charge is 2.30. The number of nitrogens with one attached hydrogen (secondary N) is 2. The lowest BCUT2D eigenvalue weighted by atomic mass is 10.1. The summed E-state index contributed by atoms with van der Waals surface area (Å²) in [6.45, 7) is 1.32. The predicted octanol–water partition coefficient (Wildman–Crippen LogP) is 3.76. The number of para-hydroxylation sites is 2. The summed E-state index contributed by atoms with van der Waals surface area (Å²) >= 11 is 3.37. The van der Waals surface area contributed by atoms with E-state index in [1.54, 1.807) is 37.3 Å². The second kappa shape index (κ2) is 8.73. The topological polar surface area (TPSA) is 104 Å². The molecule has 0 saturated heterocycles. The van der Waals surface area contributed by atoms with Gasteiger partial charge in [-0.1, -0.05) is 40.2 Å². The van der Waals surface area contributed by atoms with Gasteiger partial charge in [0.1, 0.15) is 5.69 Å². The number of nitrogens with zero attached hydrogens (tertiary/aromatic N) is 2. The molecule has 0 fully saturated rings. The number of benzene rings is 2. The highest BCUT2D eigenvalue weighted by atomic mass is 79.9. The number of H-pyrrole nitrogens is 1. The van der Waals surface area contributed by atoms with Gasteiger partial charge < -0.3 is 15.0 Å². The Morgan fingerprint density at radius 1 is 1.19 bits per heavy atom. The summed E-state index contributed by atoms with van der Waals surface area (Å²) in [7, 11) is 0. The molecule has 3 aromatic rings. The van der Waals surface area contributed by atoms with Crippen molar-refractivity contribution in [2.24, 2.45) is 0 Å². The molecule has 4 rings (SSSR count). The minimum Gasteiger partial charge on any atom is -0.451 e. The Kier molecular flexibility index (Phi) is 5.85. The Morgan fingerprint density at radius 3 is 2.71 bits per heavy atom. The summed E-state index contributed by atoms with van der Waals surface area (Å²) in [5.74, 6) is -1.28. The van der Waals surface area contributed by atoms with Crippen molar-refractivity contribution in [3.05, 3.63) is 64.8 Å². The highest BCUT2D eigenvalue weighted by Crippen LogP contribution is 2.31. The lowest BCUT2D eigenvalue weighted by molar-refractivity contribution is -0.122. The highest BCUT2D eigenvalue weighted by molar-refractivity contribution is 9.10. The first-order valence-electron chi connectivity index (χ1n) is 9.62. The van der Waals surface area contributed by atoms with Gasteiger partial charge in [0.05, 0.1) is 17.1 Å². The van der Waals surface area contributed by atoms with Crippen LogP contribution in [0.3, 0.4) is 0 Å². The predicted molar refractivity (Wildman–Crippen MR) is 119 cm³/mol. The fourth-order valence-electron chi connectivity index (χ4n) is 3.44. The summed E-state index contributed by atoms with van der Waals surface area (Å²) in [4.78, 5) is 38.9. The zero-order valence-electron chi connectivity index (χ0n) is 16.6. The second-order valence-corrected chi connectivity index (χ2v) is 8.05. The summed E-state index contributed by atoms with van der Waals surface area (Å²) < 4.78 is 6.16. The fourth-order valence-corrected chi connectivity index (χ4v) is 3.70. The molecule has 1 atom stereocenters. The third kappa shape index (κ3) is 4.51. The number of rotatable bonds is 4. The number of anilines is 2. The number of fused-ring (bicyclic) bond motifs is 1. The Morgan fingerprint density at radius 2 is 1.94 bits per heavy atom. The van der Waals surface area contributed by atoms with Gasteiger partial charge in [-0.25, -0.2) is 4.79 Å². The Labute approximate surface area is 186 Å². The normalized spacial score (nSPS) is 15.6. The van der Waals surface area contributed by atoms with Crippen molar-refractivity contribution in [2.45, 2.75) is 19.4 Å². The van der Waals surface area contributed by atoms with E-state index in [-0.39, 0.29) is 24.1 Å². The van der Waals surface area contributed by atoms with Crippen molar-refractivity contribution in [1.29, 1.82) is 0 Å². The zero-order valence-corrected chi connectivity index (χ0v) is 18.2. The molecule has 31 heavy (non-hydrogen) atoms. The maximum Gasteiger partial charge on any atom is 0.356 e. The minimum absolute atomic E-state index is 0.144. The Hall–Kier alpha value is -3.46. The molecule has 8 nitrogen and oxygen atoms in total. The van der Waals surface area contributed by atoms with E-state index in [1.807, 2.05) is 24.3 Å². The maximum atomic E-state index is 12.9. The first kappa shape index (κ1) is 20.8. The first-order valence-corrected chi connectivity index (χ1v) is 10.4. The largest absolute Gasteiger partial charge is 0.451 e. The minimum atomic E-state index is -0.686. The number of carbonyl (C=O) groups excluding carboxylic acids is 3. The number of hydrogen-bond donors (Lipinski definition) is 2. The summed E-state index contributed by atoms with van der Waals surface area (Å²) in [5, 5.41) is 9.57. The average molecular weight is 483 g/mol. The van der Waals surface area contributed by atoms with E-state index in [9.17, 15) is 14.4 Å². The fraction of sp³-hybridized carbons (Fsp3) is 0.182. The van der Waals surface area contributed by atoms with Crippen LogP contribution in [0.2, 0.25) is 0 Å². The molecular weight excluding hydrogens is 464 g/mol. The molecule has 2 aromatic carbocycles. The van der Waals surface area contributed by atoms with Crippen LogP contribution in [0.25, 0.3) is 11.3 Å². The van der Waals surface area contributed by atoms with Gasteiger partial charge in [0, 0.05) is 22.5 Å². The van der Waals surface area contributed by atoms with E-state index >= 15 is 0 Å². The van der Waals surface area contributed by atoms with E-state index in [0.717, 1.165) is 10.0 Å². The van der Waals surface area contributed by atoms with Gasteiger partial charge in [-0.05, 0) is 37.3 Å². The van der Waals surface area contributed by atoms with Crippen LogP contribution in [0.15, 0.2) is 59.1 Å². The molecule has 2 heterocycles. The lowest BCUT2D eigenvalue weighted by Crippen LogP contribution is -2.41. The van der Waals surface area contributed by atoms with Gasteiger partial charge in [0.25, 0.3) is 5.91 Å². The molecule has 0 radical (unpaired) electrons. The summed E-state index contributed by atoms with van der Waals surface area (Å²) in [6, 6.07) is 15.7. The number of hydrogen-bond acceptors (Lipinski definition) is 5. The van der Waals surface area contributed by atoms with E-state index in [4.69, 9.17) is 4.74 Å². The van der Waals surface area contributed by atoms with Crippen molar-refractivity contribution in [3.63, 3.8) is 0 Å². The van der Waals surface area contributed by atoms with E-state index in [2.05, 4.69) is 31.4 Å². The number of esters is 1. The van der Waals surface area contributed by atoms with Crippen LogP contribution < -0.4 is 10.2 Å². The van der Waals surface area contributed by atoms with Crippen molar-refractivity contribution in [2.75, 3.05) is 16.8 Å². The molecule has 9 heteroatoms. The third-order valence-electron chi connectivity index (χ3n) is 4.89. The van der Waals surface area contributed by atoms with Gasteiger partial charge in [-0.3, -0.25) is 14.7 Å². The van der Waals surface area contributed by atoms with Crippen LogP contribution in [-0.4, -0.2) is 40.6 Å². The lowest BCUT2D eigenvalue weighted by Gasteiger charge is -2.27. The van der Waals surface area contributed by atoms with Crippen molar-refractivity contribution >= 4 is 45.1 Å². The van der Waals surface area contributed by atoms with Crippen molar-refractivity contribution < 1.29 is 19.1 Å². The number of carbonyl (C=O) groups is 3. The summed E-state index contributed by atoms with van der Waals surface area (Å²) in [5.41, 5.74) is 2.68. The molecule has 0 spiro atoms. The van der Waals surface area contributed by atoms with Crippen LogP contribution in [0.4, 0.5) is 11.4 Å². The smallest absolute Gasteiger partial charge is 0.356 e.